The van der Waals surface area contributed by atoms with Gasteiger partial charge in [-0.15, -0.1) is 0 Å². The molecule has 0 aliphatic heterocycles. The summed E-state index contributed by atoms with van der Waals surface area (Å²) in [6.07, 6.45) is 1.84. The number of fused-ring (bicyclic) bond motifs is 1. The first-order valence-electron chi connectivity index (χ1n) is 11.3. The van der Waals surface area contributed by atoms with Crippen LogP contribution in [-0.4, -0.2) is 38.6 Å². The summed E-state index contributed by atoms with van der Waals surface area (Å²) in [6, 6.07) is 8.49. The van der Waals surface area contributed by atoms with Crippen molar-refractivity contribution in [1.29, 1.82) is 0 Å². The summed E-state index contributed by atoms with van der Waals surface area (Å²) < 4.78 is 36.8. The first-order valence-corrected chi connectivity index (χ1v) is 11.3. The number of anilines is 1. The standard InChI is InChI=1S/C26H24F2N6O3/c1-3-13-14(21-18(25(30)35)24(29)34(33-21)12-10-26(31,36)11-12)8-9-16-20(13)32-22(19(28)23(16)37-2)15-6-4-5-7-17(15)27/h3-9,12,36H,1,10-11,29,31H2,2H3,(H2,30,35)/t12-,26+. The number of hydrogen-bond donors (Lipinski definition) is 4. The summed E-state index contributed by atoms with van der Waals surface area (Å²) in [5, 5.41) is 14.8. The summed E-state index contributed by atoms with van der Waals surface area (Å²) in [7, 11) is 1.30. The molecule has 11 heteroatoms. The lowest BCUT2D eigenvalue weighted by Crippen LogP contribution is -2.52. The van der Waals surface area contributed by atoms with E-state index in [9.17, 15) is 14.3 Å². The van der Waals surface area contributed by atoms with E-state index in [1.165, 1.54) is 36.1 Å². The Bertz CT molecular complexity index is 1590. The maximum absolute atomic E-state index is 15.4. The predicted octanol–water partition coefficient (Wildman–Crippen LogP) is 3.36. The third kappa shape index (κ3) is 3.79. The Hall–Kier alpha value is -4.35. The number of pyridine rings is 1. The normalized spacial score (nSPS) is 19.0. The average Bonchev–Trinajstić information content (AvgIpc) is 3.18. The second-order valence-corrected chi connectivity index (χ2v) is 9.00. The molecular weight excluding hydrogens is 482 g/mol. The van der Waals surface area contributed by atoms with Gasteiger partial charge in [0.1, 0.15) is 34.3 Å². The minimum atomic E-state index is -1.35. The summed E-state index contributed by atoms with van der Waals surface area (Å²) in [5.74, 6) is -2.40. The number of carbonyl (C=O) groups is 1. The molecular formula is C26H24F2N6O3. The second-order valence-electron chi connectivity index (χ2n) is 9.00. The van der Waals surface area contributed by atoms with Crippen molar-refractivity contribution in [2.45, 2.75) is 24.6 Å². The summed E-state index contributed by atoms with van der Waals surface area (Å²) in [4.78, 5) is 16.9. The molecule has 1 fully saturated rings. The molecule has 1 aliphatic rings. The molecule has 2 aromatic heterocycles. The largest absolute Gasteiger partial charge is 0.493 e. The van der Waals surface area contributed by atoms with Crippen molar-refractivity contribution in [2.75, 3.05) is 12.8 Å². The minimum Gasteiger partial charge on any atom is -0.493 e. The molecule has 2 heterocycles. The Morgan fingerprint density at radius 2 is 1.92 bits per heavy atom. The van der Waals surface area contributed by atoms with Crippen molar-refractivity contribution in [1.82, 2.24) is 14.8 Å². The number of hydrogen-bond acceptors (Lipinski definition) is 7. The van der Waals surface area contributed by atoms with Gasteiger partial charge in [-0.05, 0) is 18.2 Å². The fourth-order valence-corrected chi connectivity index (χ4v) is 4.83. The van der Waals surface area contributed by atoms with E-state index in [4.69, 9.17) is 21.9 Å². The minimum absolute atomic E-state index is 0.0230. The van der Waals surface area contributed by atoms with E-state index in [0.717, 1.165) is 0 Å². The highest BCUT2D eigenvalue weighted by Crippen LogP contribution is 2.43. The second kappa shape index (κ2) is 8.64. The lowest BCUT2D eigenvalue weighted by molar-refractivity contribution is -0.0643. The van der Waals surface area contributed by atoms with Gasteiger partial charge in [0.15, 0.2) is 11.6 Å². The highest BCUT2D eigenvalue weighted by Gasteiger charge is 2.42. The number of benzene rings is 2. The highest BCUT2D eigenvalue weighted by atomic mass is 19.1. The molecule has 7 N–H and O–H groups in total. The number of aliphatic hydroxyl groups is 1. The number of ether oxygens (including phenoxy) is 1. The van der Waals surface area contributed by atoms with Crippen molar-refractivity contribution in [2.24, 2.45) is 11.5 Å². The third-order valence-electron chi connectivity index (χ3n) is 6.60. The molecule has 0 saturated heterocycles. The van der Waals surface area contributed by atoms with Crippen molar-refractivity contribution in [3.8, 4) is 28.3 Å². The van der Waals surface area contributed by atoms with E-state index in [2.05, 4.69) is 16.7 Å². The first-order chi connectivity index (χ1) is 17.6. The fourth-order valence-electron chi connectivity index (χ4n) is 4.83. The van der Waals surface area contributed by atoms with Crippen LogP contribution in [0.25, 0.3) is 39.5 Å². The lowest BCUT2D eigenvalue weighted by atomic mass is 9.83. The molecule has 0 radical (unpaired) electrons. The molecule has 190 valence electrons. The van der Waals surface area contributed by atoms with Crippen molar-refractivity contribution in [3.63, 3.8) is 0 Å². The zero-order valence-corrected chi connectivity index (χ0v) is 19.8. The quantitative estimate of drug-likeness (QED) is 0.292. The number of primary amides is 1. The number of rotatable bonds is 6. The molecule has 1 aliphatic carbocycles. The van der Waals surface area contributed by atoms with Gasteiger partial charge in [0.2, 0.25) is 0 Å². The van der Waals surface area contributed by atoms with Gasteiger partial charge in [-0.1, -0.05) is 30.9 Å². The van der Waals surface area contributed by atoms with Gasteiger partial charge >= 0.3 is 0 Å². The van der Waals surface area contributed by atoms with E-state index in [0.29, 0.717) is 16.5 Å². The number of amides is 1. The fraction of sp³-hybridized carbons (Fsp3) is 0.192. The smallest absolute Gasteiger partial charge is 0.254 e. The van der Waals surface area contributed by atoms with E-state index in [-0.39, 0.29) is 58.5 Å². The molecule has 1 saturated carbocycles. The molecule has 37 heavy (non-hydrogen) atoms. The number of nitrogens with zero attached hydrogens (tertiary/aromatic N) is 3. The number of aromatic nitrogens is 3. The maximum atomic E-state index is 15.4. The van der Waals surface area contributed by atoms with Gasteiger partial charge in [-0.3, -0.25) is 4.79 Å². The van der Waals surface area contributed by atoms with Crippen LogP contribution in [0, 0.1) is 11.6 Å². The topological polar surface area (TPSA) is 155 Å². The number of methoxy groups -OCH3 is 1. The molecule has 0 atom stereocenters. The number of nitrogens with two attached hydrogens (primary N) is 3. The van der Waals surface area contributed by atoms with Crippen LogP contribution in [-0.2, 0) is 0 Å². The van der Waals surface area contributed by atoms with Crippen LogP contribution < -0.4 is 21.9 Å². The Labute approximate surface area is 210 Å². The van der Waals surface area contributed by atoms with Crippen molar-refractivity contribution in [3.05, 3.63) is 65.7 Å². The molecule has 0 unspecified atom stereocenters. The van der Waals surface area contributed by atoms with Gasteiger partial charge in [0, 0.05) is 34.9 Å². The van der Waals surface area contributed by atoms with Crippen LogP contribution in [0.15, 0.2) is 43.0 Å². The van der Waals surface area contributed by atoms with Crippen LogP contribution in [0.5, 0.6) is 5.75 Å². The van der Waals surface area contributed by atoms with Crippen LogP contribution in [0.1, 0.15) is 34.8 Å². The van der Waals surface area contributed by atoms with Crippen LogP contribution in [0.4, 0.5) is 14.6 Å². The van der Waals surface area contributed by atoms with Crippen molar-refractivity contribution < 1.29 is 23.4 Å². The van der Waals surface area contributed by atoms with E-state index >= 15 is 4.39 Å². The Kier molecular flexibility index (Phi) is 5.69. The van der Waals surface area contributed by atoms with E-state index < -0.39 is 23.3 Å². The van der Waals surface area contributed by atoms with Crippen molar-refractivity contribution >= 4 is 28.7 Å². The zero-order chi connectivity index (χ0) is 26.6. The SMILES string of the molecule is C=Cc1c(-c2nn([C@H]3C[C@@](N)(O)C3)c(N)c2C(N)=O)ccc2c(OC)c(F)c(-c3ccccc3F)nc12. The summed E-state index contributed by atoms with van der Waals surface area (Å²) in [6.45, 7) is 3.87. The number of halogens is 2. The van der Waals surface area contributed by atoms with Crippen LogP contribution >= 0.6 is 0 Å². The van der Waals surface area contributed by atoms with Gasteiger partial charge < -0.3 is 27.0 Å². The molecule has 4 aromatic rings. The van der Waals surface area contributed by atoms with E-state index in [1.807, 2.05) is 0 Å². The van der Waals surface area contributed by atoms with Gasteiger partial charge in [0.25, 0.3) is 5.91 Å². The average molecular weight is 507 g/mol. The van der Waals surface area contributed by atoms with Gasteiger partial charge in [-0.2, -0.15) is 5.10 Å². The van der Waals surface area contributed by atoms with Crippen LogP contribution in [0.2, 0.25) is 0 Å². The first kappa shape index (κ1) is 24.3. The molecule has 1 amide bonds. The lowest BCUT2D eigenvalue weighted by Gasteiger charge is -2.40. The molecule has 2 aromatic carbocycles. The third-order valence-corrected chi connectivity index (χ3v) is 6.60. The zero-order valence-electron chi connectivity index (χ0n) is 19.8. The van der Waals surface area contributed by atoms with Gasteiger partial charge in [-0.25, -0.2) is 18.4 Å². The van der Waals surface area contributed by atoms with Gasteiger partial charge in [0.05, 0.1) is 18.7 Å². The monoisotopic (exact) mass is 506 g/mol. The van der Waals surface area contributed by atoms with Crippen LogP contribution in [0.3, 0.4) is 0 Å². The molecule has 9 nitrogen and oxygen atoms in total. The highest BCUT2D eigenvalue weighted by molar-refractivity contribution is 6.06. The Morgan fingerprint density at radius 3 is 2.51 bits per heavy atom. The summed E-state index contributed by atoms with van der Waals surface area (Å²) >= 11 is 0. The molecule has 0 spiro atoms. The molecule has 0 bridgehead atoms. The van der Waals surface area contributed by atoms with E-state index in [1.54, 1.807) is 18.2 Å². The Morgan fingerprint density at radius 1 is 1.22 bits per heavy atom. The Balaban J connectivity index is 1.79. The molecule has 5 rings (SSSR count). The number of nitrogen functional groups attached to an aromatic ring is 1. The summed E-state index contributed by atoms with van der Waals surface area (Å²) in [5.41, 5.74) is 17.1. The predicted molar refractivity (Wildman–Crippen MR) is 135 cm³/mol. The maximum Gasteiger partial charge on any atom is 0.254 e. The number of carbonyl (C=O) groups excluding carboxylic acids is 1.